The molecule has 0 atom stereocenters. The molecule has 1 heterocycles. The number of hydrogen-bond acceptors (Lipinski definition) is 2. The van der Waals surface area contributed by atoms with Crippen LogP contribution in [0.3, 0.4) is 0 Å². The van der Waals surface area contributed by atoms with E-state index in [-0.39, 0.29) is 0 Å². The Kier molecular flexibility index (Phi) is 0.910. The van der Waals surface area contributed by atoms with Crippen LogP contribution in [-0.4, -0.2) is 17.4 Å². The van der Waals surface area contributed by atoms with E-state index in [0.717, 1.165) is 5.41 Å². The first kappa shape index (κ1) is 5.12. The quantitative estimate of drug-likeness (QED) is 0.483. The first-order chi connectivity index (χ1) is 3.81. The topological polar surface area (TPSA) is 3.24 Å². The zero-order valence-electron chi connectivity index (χ0n) is 4.93. The molecule has 1 saturated carbocycles. The van der Waals surface area contributed by atoms with E-state index in [4.69, 9.17) is 0 Å². The third kappa shape index (κ3) is 0.531. The summed E-state index contributed by atoms with van der Waals surface area (Å²) in [5.41, 5.74) is 0.766. The molecule has 0 aromatic rings. The van der Waals surface area contributed by atoms with E-state index in [1.807, 2.05) is 0 Å². The molecule has 0 aromatic heterocycles. The molecule has 0 aromatic carbocycles. The van der Waals surface area contributed by atoms with Gasteiger partial charge in [0.1, 0.15) is 0 Å². The van der Waals surface area contributed by atoms with Gasteiger partial charge in [0.2, 0.25) is 0 Å². The molecule has 1 spiro atoms. The van der Waals surface area contributed by atoms with Crippen molar-refractivity contribution in [3.63, 3.8) is 0 Å². The maximum Gasteiger partial charge on any atom is 0.0156 e. The van der Waals surface area contributed by atoms with Crippen LogP contribution >= 0.6 is 12.8 Å². The van der Waals surface area contributed by atoms with E-state index in [1.54, 1.807) is 0 Å². The Morgan fingerprint density at radius 3 is 2.00 bits per heavy atom. The summed E-state index contributed by atoms with van der Waals surface area (Å²) in [5, 5.41) is 0. The average molecular weight is 129 g/mol. The highest BCUT2D eigenvalue weighted by atomic mass is 32.1. The van der Waals surface area contributed by atoms with Gasteiger partial charge in [-0.25, -0.2) is 0 Å². The molecular formula is C6H11NS. The van der Waals surface area contributed by atoms with Crippen molar-refractivity contribution in [1.29, 1.82) is 0 Å². The molecule has 1 aliphatic carbocycles. The van der Waals surface area contributed by atoms with E-state index >= 15 is 0 Å². The van der Waals surface area contributed by atoms with Gasteiger partial charge >= 0.3 is 0 Å². The summed E-state index contributed by atoms with van der Waals surface area (Å²) in [6, 6.07) is 0. The second-order valence-corrected chi connectivity index (χ2v) is 3.74. The van der Waals surface area contributed by atoms with E-state index in [2.05, 4.69) is 17.1 Å². The fourth-order valence-corrected chi connectivity index (χ4v) is 2.32. The summed E-state index contributed by atoms with van der Waals surface area (Å²) in [6.07, 6.45) is 4.38. The van der Waals surface area contributed by atoms with Crippen molar-refractivity contribution in [2.45, 2.75) is 19.3 Å². The summed E-state index contributed by atoms with van der Waals surface area (Å²) in [4.78, 5) is 0. The fourth-order valence-electron chi connectivity index (χ4n) is 1.72. The molecule has 0 unspecified atom stereocenters. The Labute approximate surface area is 55.6 Å². The number of hydrogen-bond donors (Lipinski definition) is 1. The van der Waals surface area contributed by atoms with Crippen LogP contribution in [-0.2, 0) is 0 Å². The Hall–Kier alpha value is 0.310. The van der Waals surface area contributed by atoms with Crippen molar-refractivity contribution in [3.8, 4) is 0 Å². The third-order valence-corrected chi connectivity index (χ3v) is 2.73. The van der Waals surface area contributed by atoms with E-state index in [9.17, 15) is 0 Å². The predicted octanol–water partition coefficient (Wildman–Crippen LogP) is 1.32. The molecule has 8 heavy (non-hydrogen) atoms. The van der Waals surface area contributed by atoms with Crippen LogP contribution in [0.4, 0.5) is 0 Å². The van der Waals surface area contributed by atoms with Crippen molar-refractivity contribution in [3.05, 3.63) is 0 Å². The zero-order valence-corrected chi connectivity index (χ0v) is 5.82. The second kappa shape index (κ2) is 1.42. The Balaban J connectivity index is 1.92. The van der Waals surface area contributed by atoms with E-state index in [0.29, 0.717) is 0 Å². The SMILES string of the molecule is SN1CC2(CCC2)C1. The molecule has 2 rings (SSSR count). The van der Waals surface area contributed by atoms with Gasteiger partial charge in [0.05, 0.1) is 0 Å². The lowest BCUT2D eigenvalue weighted by Gasteiger charge is -2.53. The van der Waals surface area contributed by atoms with Gasteiger partial charge in [-0.2, -0.15) is 0 Å². The van der Waals surface area contributed by atoms with Crippen LogP contribution in [0.5, 0.6) is 0 Å². The standard InChI is InChI=1S/C6H11NS/c8-7-4-6(5-7)2-1-3-6/h8H,1-5H2. The lowest BCUT2D eigenvalue weighted by atomic mass is 9.65. The lowest BCUT2D eigenvalue weighted by molar-refractivity contribution is -0.000154. The lowest BCUT2D eigenvalue weighted by Crippen LogP contribution is -2.55. The number of nitrogens with zero attached hydrogens (tertiary/aromatic N) is 1. The average Bonchev–Trinajstić information content (AvgIpc) is 1.51. The highest BCUT2D eigenvalue weighted by molar-refractivity contribution is 7.77. The summed E-state index contributed by atoms with van der Waals surface area (Å²) >= 11 is 4.22. The highest BCUT2D eigenvalue weighted by Crippen LogP contribution is 2.48. The largest absolute Gasteiger partial charge is 0.252 e. The van der Waals surface area contributed by atoms with E-state index < -0.39 is 0 Å². The van der Waals surface area contributed by atoms with Gasteiger partial charge in [-0.1, -0.05) is 19.2 Å². The van der Waals surface area contributed by atoms with Crippen LogP contribution in [0.25, 0.3) is 0 Å². The zero-order chi connectivity index (χ0) is 5.61. The highest BCUT2D eigenvalue weighted by Gasteiger charge is 2.45. The Morgan fingerprint density at radius 2 is 1.88 bits per heavy atom. The van der Waals surface area contributed by atoms with Crippen LogP contribution in [0.15, 0.2) is 0 Å². The monoisotopic (exact) mass is 129 g/mol. The van der Waals surface area contributed by atoms with Crippen molar-refractivity contribution >= 4 is 12.8 Å². The van der Waals surface area contributed by atoms with Crippen LogP contribution < -0.4 is 0 Å². The maximum absolute atomic E-state index is 4.22. The smallest absolute Gasteiger partial charge is 0.0156 e. The van der Waals surface area contributed by atoms with Gasteiger partial charge < -0.3 is 0 Å². The van der Waals surface area contributed by atoms with Crippen molar-refractivity contribution in [2.24, 2.45) is 5.41 Å². The van der Waals surface area contributed by atoms with Gasteiger partial charge in [0.25, 0.3) is 0 Å². The molecule has 2 fully saturated rings. The van der Waals surface area contributed by atoms with Gasteiger partial charge in [-0.15, -0.1) is 0 Å². The molecule has 0 amide bonds. The minimum Gasteiger partial charge on any atom is -0.252 e. The molecule has 1 aliphatic heterocycles. The Morgan fingerprint density at radius 1 is 1.25 bits per heavy atom. The number of thiol groups is 1. The summed E-state index contributed by atoms with van der Waals surface area (Å²) < 4.78 is 2.11. The van der Waals surface area contributed by atoms with Crippen LogP contribution in [0, 0.1) is 5.41 Å². The van der Waals surface area contributed by atoms with Crippen LogP contribution in [0.2, 0.25) is 0 Å². The van der Waals surface area contributed by atoms with Crippen LogP contribution in [0.1, 0.15) is 19.3 Å². The molecule has 0 radical (unpaired) electrons. The molecule has 2 aliphatic rings. The van der Waals surface area contributed by atoms with Crippen molar-refractivity contribution in [1.82, 2.24) is 4.31 Å². The second-order valence-electron chi connectivity index (χ2n) is 3.18. The maximum atomic E-state index is 4.22. The van der Waals surface area contributed by atoms with Gasteiger partial charge in [-0.05, 0) is 18.3 Å². The molecule has 0 N–H and O–H groups in total. The fraction of sp³-hybridized carbons (Fsp3) is 1.00. The van der Waals surface area contributed by atoms with Gasteiger partial charge in [0.15, 0.2) is 0 Å². The molecule has 1 saturated heterocycles. The molecule has 0 bridgehead atoms. The summed E-state index contributed by atoms with van der Waals surface area (Å²) in [6.45, 7) is 2.49. The normalized spacial score (nSPS) is 34.1. The first-order valence-corrected chi connectivity index (χ1v) is 3.65. The summed E-state index contributed by atoms with van der Waals surface area (Å²) in [5.74, 6) is 0. The molecule has 1 nitrogen and oxygen atoms in total. The summed E-state index contributed by atoms with van der Waals surface area (Å²) in [7, 11) is 0. The first-order valence-electron chi connectivity index (χ1n) is 3.25. The predicted molar refractivity (Wildman–Crippen MR) is 36.8 cm³/mol. The molecule has 46 valence electrons. The minimum absolute atomic E-state index is 0.766. The number of rotatable bonds is 0. The van der Waals surface area contributed by atoms with Gasteiger partial charge in [-0.3, -0.25) is 4.31 Å². The minimum atomic E-state index is 0.766. The van der Waals surface area contributed by atoms with Crippen molar-refractivity contribution in [2.75, 3.05) is 13.1 Å². The molecular weight excluding hydrogens is 118 g/mol. The Bertz CT molecular complexity index is 101. The van der Waals surface area contributed by atoms with E-state index in [1.165, 1.54) is 32.4 Å². The van der Waals surface area contributed by atoms with Gasteiger partial charge in [0, 0.05) is 13.1 Å². The molecule has 2 heteroatoms. The third-order valence-electron chi connectivity index (χ3n) is 2.45. The van der Waals surface area contributed by atoms with Crippen molar-refractivity contribution < 1.29 is 0 Å².